The Morgan fingerprint density at radius 3 is 2.87 bits per heavy atom. The summed E-state index contributed by atoms with van der Waals surface area (Å²) < 4.78 is 0. The molecule has 15 heavy (non-hydrogen) atoms. The van der Waals surface area contributed by atoms with E-state index < -0.39 is 0 Å². The van der Waals surface area contributed by atoms with Crippen molar-refractivity contribution in [3.8, 4) is 0 Å². The Balaban J connectivity index is 2.85. The van der Waals surface area contributed by atoms with Gasteiger partial charge in [-0.3, -0.25) is 0 Å². The van der Waals surface area contributed by atoms with Crippen molar-refractivity contribution in [1.82, 2.24) is 0 Å². The maximum absolute atomic E-state index is 5.17. The fraction of sp³-hybridized carbons (Fsp3) is 0.462. The van der Waals surface area contributed by atoms with Crippen molar-refractivity contribution in [2.75, 3.05) is 6.61 Å². The number of rotatable bonds is 4. The first-order chi connectivity index (χ1) is 7.15. The predicted octanol–water partition coefficient (Wildman–Crippen LogP) is 3.25. The van der Waals surface area contributed by atoms with Crippen LogP contribution in [-0.4, -0.2) is 12.3 Å². The molecule has 0 saturated carbocycles. The largest absolute Gasteiger partial charge is 0.396 e. The molecule has 1 rings (SSSR count). The lowest BCUT2D eigenvalue weighted by atomic mass is 10.0. The molecule has 0 saturated heterocycles. The fourth-order valence-electron chi connectivity index (χ4n) is 1.34. The van der Waals surface area contributed by atoms with Crippen LogP contribution in [-0.2, 0) is 4.84 Å². The highest BCUT2D eigenvalue weighted by molar-refractivity contribution is 5.99. The van der Waals surface area contributed by atoms with Gasteiger partial charge in [-0.25, -0.2) is 0 Å². The molecule has 0 heterocycles. The van der Waals surface area contributed by atoms with E-state index in [1.165, 1.54) is 5.56 Å². The second kappa shape index (κ2) is 5.54. The van der Waals surface area contributed by atoms with E-state index in [1.54, 1.807) is 0 Å². The van der Waals surface area contributed by atoms with Gasteiger partial charge in [0.15, 0.2) is 0 Å². The van der Waals surface area contributed by atoms with E-state index in [2.05, 4.69) is 31.1 Å². The first kappa shape index (κ1) is 11.8. The van der Waals surface area contributed by atoms with Crippen LogP contribution in [0.1, 0.15) is 37.0 Å². The molecule has 2 heteroatoms. The van der Waals surface area contributed by atoms with Gasteiger partial charge in [0.1, 0.15) is 6.61 Å². The van der Waals surface area contributed by atoms with Crippen LogP contribution >= 0.6 is 0 Å². The third-order valence-electron chi connectivity index (χ3n) is 2.19. The third-order valence-corrected chi connectivity index (χ3v) is 2.19. The Morgan fingerprint density at radius 1 is 1.47 bits per heavy atom. The SMILES string of the molecule is CCCON=C(C)c1cc(C)[c]cc1C. The maximum Gasteiger partial charge on any atom is 0.116 e. The van der Waals surface area contributed by atoms with Crippen LogP contribution < -0.4 is 0 Å². The standard InChI is InChI=1S/C13H18NO/c1-5-8-15-14-12(4)13-9-10(2)6-7-11(13)3/h7,9H,5,8H2,1-4H3. The van der Waals surface area contributed by atoms with E-state index in [1.807, 2.05) is 19.9 Å². The van der Waals surface area contributed by atoms with E-state index in [-0.39, 0.29) is 0 Å². The smallest absolute Gasteiger partial charge is 0.116 e. The highest BCUT2D eigenvalue weighted by Gasteiger charge is 2.02. The Labute approximate surface area is 91.9 Å². The van der Waals surface area contributed by atoms with Crippen molar-refractivity contribution in [2.24, 2.45) is 5.16 Å². The monoisotopic (exact) mass is 204 g/mol. The average Bonchev–Trinajstić information content (AvgIpc) is 2.22. The highest BCUT2D eigenvalue weighted by atomic mass is 16.6. The van der Waals surface area contributed by atoms with Gasteiger partial charge in [-0.2, -0.15) is 0 Å². The summed E-state index contributed by atoms with van der Waals surface area (Å²) in [6, 6.07) is 7.24. The minimum Gasteiger partial charge on any atom is -0.396 e. The van der Waals surface area contributed by atoms with E-state index in [9.17, 15) is 0 Å². The van der Waals surface area contributed by atoms with Gasteiger partial charge < -0.3 is 4.84 Å². The summed E-state index contributed by atoms with van der Waals surface area (Å²) in [7, 11) is 0. The Hall–Kier alpha value is -1.31. The zero-order valence-corrected chi connectivity index (χ0v) is 9.92. The summed E-state index contributed by atoms with van der Waals surface area (Å²) in [6.45, 7) is 8.80. The number of aryl methyl sites for hydroxylation is 2. The number of nitrogens with zero attached hydrogens (tertiary/aromatic N) is 1. The third kappa shape index (κ3) is 3.39. The lowest BCUT2D eigenvalue weighted by Gasteiger charge is -2.06. The second-order valence-corrected chi connectivity index (χ2v) is 3.72. The van der Waals surface area contributed by atoms with Crippen LogP contribution in [0.2, 0.25) is 0 Å². The minimum absolute atomic E-state index is 0.675. The van der Waals surface area contributed by atoms with Gasteiger partial charge >= 0.3 is 0 Å². The van der Waals surface area contributed by atoms with E-state index in [0.717, 1.165) is 23.3 Å². The number of oxime groups is 1. The van der Waals surface area contributed by atoms with Gasteiger partial charge in [-0.05, 0) is 50.5 Å². The van der Waals surface area contributed by atoms with E-state index in [0.29, 0.717) is 6.61 Å². The Bertz CT molecular complexity index is 356. The summed E-state index contributed by atoms with van der Waals surface area (Å²) in [5, 5.41) is 4.09. The quantitative estimate of drug-likeness (QED) is 0.419. The number of hydrogen-bond acceptors (Lipinski definition) is 2. The van der Waals surface area contributed by atoms with Gasteiger partial charge in [-0.1, -0.05) is 18.1 Å². The zero-order chi connectivity index (χ0) is 11.3. The molecular weight excluding hydrogens is 186 g/mol. The molecule has 1 aromatic rings. The molecule has 0 spiro atoms. The topological polar surface area (TPSA) is 21.6 Å². The van der Waals surface area contributed by atoms with Gasteiger partial charge in [0.25, 0.3) is 0 Å². The number of benzene rings is 1. The normalized spacial score (nSPS) is 11.6. The molecule has 0 aliphatic heterocycles. The minimum atomic E-state index is 0.675. The summed E-state index contributed by atoms with van der Waals surface area (Å²) in [5.74, 6) is 0. The summed E-state index contributed by atoms with van der Waals surface area (Å²) >= 11 is 0. The van der Waals surface area contributed by atoms with Gasteiger partial charge in [0, 0.05) is 5.56 Å². The molecule has 0 aliphatic rings. The van der Waals surface area contributed by atoms with E-state index in [4.69, 9.17) is 4.84 Å². The molecule has 1 aromatic carbocycles. The van der Waals surface area contributed by atoms with Crippen molar-refractivity contribution < 1.29 is 4.84 Å². The van der Waals surface area contributed by atoms with Crippen LogP contribution in [0.15, 0.2) is 17.3 Å². The summed E-state index contributed by atoms with van der Waals surface area (Å²) in [6.07, 6.45) is 0.983. The van der Waals surface area contributed by atoms with Crippen molar-refractivity contribution >= 4 is 5.71 Å². The van der Waals surface area contributed by atoms with Crippen LogP contribution in [0.5, 0.6) is 0 Å². The molecule has 0 unspecified atom stereocenters. The molecular formula is C13H18NO. The summed E-state index contributed by atoms with van der Waals surface area (Å²) in [5.41, 5.74) is 4.38. The van der Waals surface area contributed by atoms with Crippen molar-refractivity contribution in [2.45, 2.75) is 34.1 Å². The van der Waals surface area contributed by atoms with Gasteiger partial charge in [0.2, 0.25) is 0 Å². The molecule has 0 atom stereocenters. The molecule has 1 radical (unpaired) electrons. The molecule has 2 nitrogen and oxygen atoms in total. The van der Waals surface area contributed by atoms with Crippen LogP contribution in [0.3, 0.4) is 0 Å². The fourth-order valence-corrected chi connectivity index (χ4v) is 1.34. The Morgan fingerprint density at radius 2 is 2.20 bits per heavy atom. The van der Waals surface area contributed by atoms with Crippen LogP contribution in [0, 0.1) is 19.9 Å². The van der Waals surface area contributed by atoms with Crippen molar-refractivity contribution in [1.29, 1.82) is 0 Å². The second-order valence-electron chi connectivity index (χ2n) is 3.72. The van der Waals surface area contributed by atoms with Crippen molar-refractivity contribution in [3.05, 3.63) is 34.9 Å². The number of hydrogen-bond donors (Lipinski definition) is 0. The van der Waals surface area contributed by atoms with Gasteiger partial charge in [-0.15, -0.1) is 0 Å². The first-order valence-corrected chi connectivity index (χ1v) is 5.31. The molecule has 0 aromatic heterocycles. The molecule has 0 N–H and O–H groups in total. The predicted molar refractivity (Wildman–Crippen MR) is 63.2 cm³/mol. The maximum atomic E-state index is 5.17. The van der Waals surface area contributed by atoms with Crippen molar-refractivity contribution in [3.63, 3.8) is 0 Å². The van der Waals surface area contributed by atoms with Crippen LogP contribution in [0.4, 0.5) is 0 Å². The zero-order valence-electron chi connectivity index (χ0n) is 9.92. The molecule has 0 fully saturated rings. The molecule has 0 amide bonds. The average molecular weight is 204 g/mol. The lowest BCUT2D eigenvalue weighted by Crippen LogP contribution is -2.00. The highest BCUT2D eigenvalue weighted by Crippen LogP contribution is 2.11. The summed E-state index contributed by atoms with van der Waals surface area (Å²) in [4.78, 5) is 5.17. The molecule has 0 bridgehead atoms. The van der Waals surface area contributed by atoms with E-state index >= 15 is 0 Å². The van der Waals surface area contributed by atoms with Crippen LogP contribution in [0.25, 0.3) is 0 Å². The Kier molecular flexibility index (Phi) is 4.35. The lowest BCUT2D eigenvalue weighted by molar-refractivity contribution is 0.145. The molecule has 0 aliphatic carbocycles. The first-order valence-electron chi connectivity index (χ1n) is 5.31. The molecule has 81 valence electrons. The van der Waals surface area contributed by atoms with Gasteiger partial charge in [0.05, 0.1) is 5.71 Å².